The highest BCUT2D eigenvalue weighted by Crippen LogP contribution is 2.29. The molecule has 0 bridgehead atoms. The quantitative estimate of drug-likeness (QED) is 0.522. The van der Waals surface area contributed by atoms with Crippen LogP contribution in [0.3, 0.4) is 0 Å². The highest BCUT2D eigenvalue weighted by molar-refractivity contribution is 6.04. The third-order valence-corrected chi connectivity index (χ3v) is 5.16. The van der Waals surface area contributed by atoms with Crippen molar-refractivity contribution in [3.8, 4) is 0 Å². The summed E-state index contributed by atoms with van der Waals surface area (Å²) in [5, 5.41) is 11.7. The first-order valence-electron chi connectivity index (χ1n) is 10.3. The van der Waals surface area contributed by atoms with Gasteiger partial charge in [-0.1, -0.05) is 19.1 Å². The van der Waals surface area contributed by atoms with E-state index in [0.717, 1.165) is 29.8 Å². The molecule has 1 atom stereocenters. The van der Waals surface area contributed by atoms with Crippen molar-refractivity contribution >= 4 is 23.4 Å². The highest BCUT2D eigenvalue weighted by atomic mass is 19.4. The minimum Gasteiger partial charge on any atom is -0.481 e. The zero-order valence-electron chi connectivity index (χ0n) is 18.7. The lowest BCUT2D eigenvalue weighted by Crippen LogP contribution is -2.18. The second-order valence-electron chi connectivity index (χ2n) is 7.91. The summed E-state index contributed by atoms with van der Waals surface area (Å²) in [5.41, 5.74) is 1.14. The number of carbonyl (C=O) groups excluding carboxylic acids is 1. The van der Waals surface area contributed by atoms with E-state index in [2.05, 4.69) is 15.3 Å². The topological polar surface area (TPSA) is 95.4 Å². The van der Waals surface area contributed by atoms with Gasteiger partial charge in [-0.15, -0.1) is 0 Å². The highest BCUT2D eigenvalue weighted by Gasteiger charge is 2.30. The van der Waals surface area contributed by atoms with Gasteiger partial charge < -0.3 is 15.3 Å². The number of nitrogens with one attached hydrogen (secondary N) is 1. The number of alkyl halides is 3. The molecule has 1 aromatic heterocycles. The smallest absolute Gasteiger partial charge is 0.416 e. The molecule has 2 aromatic carbocycles. The molecule has 1 heterocycles. The SMILES string of the molecule is CC(c1ccc(NC(=O)c2ccc(C(F)(F)F)cc2)cc1)c1ncc(CC(=O)O)c(N(C)C)n1. The van der Waals surface area contributed by atoms with Gasteiger partial charge in [0.1, 0.15) is 11.6 Å². The van der Waals surface area contributed by atoms with Gasteiger partial charge in [-0.25, -0.2) is 9.97 Å². The van der Waals surface area contributed by atoms with Gasteiger partial charge in [0.05, 0.1) is 12.0 Å². The number of carboxylic acids is 1. The van der Waals surface area contributed by atoms with Gasteiger partial charge in [0.15, 0.2) is 0 Å². The van der Waals surface area contributed by atoms with Gasteiger partial charge >= 0.3 is 12.1 Å². The van der Waals surface area contributed by atoms with Gasteiger partial charge in [-0.2, -0.15) is 13.2 Å². The lowest BCUT2D eigenvalue weighted by atomic mass is 9.99. The lowest BCUT2D eigenvalue weighted by molar-refractivity contribution is -0.138. The maximum Gasteiger partial charge on any atom is 0.416 e. The summed E-state index contributed by atoms with van der Waals surface area (Å²) in [7, 11) is 3.55. The number of aromatic nitrogens is 2. The van der Waals surface area contributed by atoms with Crippen LogP contribution in [0.4, 0.5) is 24.7 Å². The van der Waals surface area contributed by atoms with Crippen LogP contribution < -0.4 is 10.2 Å². The number of nitrogens with zero attached hydrogens (tertiary/aromatic N) is 3. The van der Waals surface area contributed by atoms with Crippen LogP contribution in [0.15, 0.2) is 54.7 Å². The lowest BCUT2D eigenvalue weighted by Gasteiger charge is -2.18. The number of anilines is 2. The second kappa shape index (κ2) is 9.90. The van der Waals surface area contributed by atoms with E-state index in [0.29, 0.717) is 22.9 Å². The first-order chi connectivity index (χ1) is 16.0. The molecule has 0 fully saturated rings. The van der Waals surface area contributed by atoms with E-state index in [1.165, 1.54) is 6.20 Å². The van der Waals surface area contributed by atoms with E-state index in [-0.39, 0.29) is 17.9 Å². The van der Waals surface area contributed by atoms with E-state index in [1.54, 1.807) is 43.3 Å². The first kappa shape index (κ1) is 24.7. The molecule has 3 aromatic rings. The fourth-order valence-corrected chi connectivity index (χ4v) is 3.31. The maximum atomic E-state index is 12.7. The minimum absolute atomic E-state index is 0.108. The van der Waals surface area contributed by atoms with Crippen molar-refractivity contribution in [3.05, 3.63) is 82.8 Å². The normalized spacial score (nSPS) is 12.2. The van der Waals surface area contributed by atoms with E-state index in [9.17, 15) is 22.8 Å². The number of carboxylic acid groups (broad SMARTS) is 1. The van der Waals surface area contributed by atoms with E-state index in [1.807, 2.05) is 6.92 Å². The first-order valence-corrected chi connectivity index (χ1v) is 10.3. The molecule has 0 saturated heterocycles. The van der Waals surface area contributed by atoms with Crippen molar-refractivity contribution in [2.75, 3.05) is 24.3 Å². The largest absolute Gasteiger partial charge is 0.481 e. The van der Waals surface area contributed by atoms with E-state index >= 15 is 0 Å². The molecular weight excluding hydrogens is 449 g/mol. The maximum absolute atomic E-state index is 12.7. The summed E-state index contributed by atoms with van der Waals surface area (Å²) in [6, 6.07) is 10.9. The Morgan fingerprint density at radius 2 is 1.68 bits per heavy atom. The second-order valence-corrected chi connectivity index (χ2v) is 7.91. The standard InChI is InChI=1S/C24H23F3N4O3/c1-14(21-28-13-17(12-20(32)33)22(30-21)31(2)3)15-6-10-19(11-7-15)29-23(34)16-4-8-18(9-5-16)24(25,26)27/h4-11,13-14H,12H2,1-3H3,(H,29,34)(H,32,33). The summed E-state index contributed by atoms with van der Waals surface area (Å²) in [4.78, 5) is 34.1. The molecule has 0 aliphatic rings. The molecule has 0 saturated carbocycles. The van der Waals surface area contributed by atoms with Crippen molar-refractivity contribution in [1.82, 2.24) is 9.97 Å². The Kier molecular flexibility index (Phi) is 7.19. The van der Waals surface area contributed by atoms with Gasteiger partial charge in [0.25, 0.3) is 5.91 Å². The van der Waals surface area contributed by atoms with Crippen molar-refractivity contribution in [1.29, 1.82) is 0 Å². The third kappa shape index (κ3) is 5.89. The molecule has 2 N–H and O–H groups in total. The van der Waals surface area contributed by atoms with Crippen LogP contribution in [0.25, 0.3) is 0 Å². The summed E-state index contributed by atoms with van der Waals surface area (Å²) < 4.78 is 38.1. The van der Waals surface area contributed by atoms with Gasteiger partial charge in [0.2, 0.25) is 0 Å². The number of aliphatic carboxylic acids is 1. The number of carbonyl (C=O) groups is 2. The average molecular weight is 472 g/mol. The average Bonchev–Trinajstić information content (AvgIpc) is 2.78. The van der Waals surface area contributed by atoms with Crippen molar-refractivity contribution in [3.63, 3.8) is 0 Å². The molecule has 0 radical (unpaired) electrons. The molecule has 1 unspecified atom stereocenters. The molecule has 0 spiro atoms. The van der Waals surface area contributed by atoms with Gasteiger partial charge in [-0.05, 0) is 42.0 Å². The zero-order valence-corrected chi connectivity index (χ0v) is 18.7. The van der Waals surface area contributed by atoms with E-state index in [4.69, 9.17) is 5.11 Å². The third-order valence-electron chi connectivity index (χ3n) is 5.16. The fourth-order valence-electron chi connectivity index (χ4n) is 3.31. The molecule has 0 aliphatic heterocycles. The van der Waals surface area contributed by atoms with Crippen LogP contribution in [0.2, 0.25) is 0 Å². The Bertz CT molecular complexity index is 1180. The molecule has 10 heteroatoms. The predicted molar refractivity (Wildman–Crippen MR) is 121 cm³/mol. The van der Waals surface area contributed by atoms with Gasteiger partial charge in [0, 0.05) is 43.0 Å². The van der Waals surface area contributed by atoms with Crippen LogP contribution >= 0.6 is 0 Å². The van der Waals surface area contributed by atoms with Crippen molar-refractivity contribution in [2.45, 2.75) is 25.4 Å². The van der Waals surface area contributed by atoms with Crippen molar-refractivity contribution in [2.24, 2.45) is 0 Å². The summed E-state index contributed by atoms with van der Waals surface area (Å²) in [6.07, 6.45) is -3.13. The number of hydrogen-bond donors (Lipinski definition) is 2. The molecule has 1 amide bonds. The molecule has 0 aliphatic carbocycles. The zero-order chi connectivity index (χ0) is 25.0. The molecule has 3 rings (SSSR count). The van der Waals surface area contributed by atoms with E-state index < -0.39 is 23.6 Å². The minimum atomic E-state index is -4.46. The number of benzene rings is 2. The summed E-state index contributed by atoms with van der Waals surface area (Å²) in [5.74, 6) is -0.666. The number of halogens is 3. The molecule has 34 heavy (non-hydrogen) atoms. The molecule has 178 valence electrons. The van der Waals surface area contributed by atoms with Crippen LogP contribution in [0, 0.1) is 0 Å². The van der Waals surface area contributed by atoms with Crippen LogP contribution in [-0.2, 0) is 17.4 Å². The number of rotatable bonds is 7. The van der Waals surface area contributed by atoms with Crippen molar-refractivity contribution < 1.29 is 27.9 Å². The van der Waals surface area contributed by atoms with Crippen LogP contribution in [0.1, 0.15) is 45.7 Å². The molecular formula is C24H23F3N4O3. The van der Waals surface area contributed by atoms with Gasteiger partial charge in [-0.3, -0.25) is 9.59 Å². The monoisotopic (exact) mass is 472 g/mol. The Balaban J connectivity index is 1.73. The Morgan fingerprint density at radius 1 is 1.06 bits per heavy atom. The summed E-state index contributed by atoms with van der Waals surface area (Å²) >= 11 is 0. The Labute approximate surface area is 194 Å². The van der Waals surface area contributed by atoms with Crippen LogP contribution in [-0.4, -0.2) is 41.0 Å². The Hall–Kier alpha value is -3.95. The van der Waals surface area contributed by atoms with Crippen LogP contribution in [0.5, 0.6) is 0 Å². The summed E-state index contributed by atoms with van der Waals surface area (Å²) in [6.45, 7) is 1.90. The number of hydrogen-bond acceptors (Lipinski definition) is 5. The fraction of sp³-hybridized carbons (Fsp3) is 0.250. The number of amides is 1. The molecule has 7 nitrogen and oxygen atoms in total. The Morgan fingerprint density at radius 3 is 2.21 bits per heavy atom. The predicted octanol–water partition coefficient (Wildman–Crippen LogP) is 4.59.